The molecule has 0 N–H and O–H groups in total. The average Bonchev–Trinajstić information content (AvgIpc) is 2.23. The first-order valence-corrected chi connectivity index (χ1v) is 4.10. The van der Waals surface area contributed by atoms with Crippen LogP contribution in [0.15, 0.2) is 4.99 Å². The van der Waals surface area contributed by atoms with Gasteiger partial charge in [-0.1, -0.05) is 0 Å². The summed E-state index contributed by atoms with van der Waals surface area (Å²) in [5, 5.41) is 10.2. The van der Waals surface area contributed by atoms with E-state index in [1.165, 1.54) is 6.07 Å². The van der Waals surface area contributed by atoms with Crippen LogP contribution in [0.3, 0.4) is 0 Å². The van der Waals surface area contributed by atoms with Crippen molar-refractivity contribution in [3.63, 3.8) is 0 Å². The lowest BCUT2D eigenvalue weighted by Gasteiger charge is -2.05. The van der Waals surface area contributed by atoms with E-state index < -0.39 is 28.7 Å². The summed E-state index contributed by atoms with van der Waals surface area (Å²) < 4.78 is 39.6. The molecular formula is C9H3F3N2S. The van der Waals surface area contributed by atoms with Gasteiger partial charge in [-0.3, -0.25) is 0 Å². The molecule has 1 aromatic rings. The van der Waals surface area contributed by atoms with Crippen LogP contribution in [0.5, 0.6) is 0 Å². The minimum absolute atomic E-state index is 0.305. The number of hydrogen-bond donors (Lipinski definition) is 0. The largest absolute Gasteiger partial charge is 0.204 e. The van der Waals surface area contributed by atoms with Gasteiger partial charge in [0.05, 0.1) is 10.7 Å². The van der Waals surface area contributed by atoms with E-state index in [-0.39, 0.29) is 5.56 Å². The highest BCUT2D eigenvalue weighted by Gasteiger charge is 2.22. The maximum absolute atomic E-state index is 13.3. The Morgan fingerprint density at radius 3 is 2.27 bits per heavy atom. The van der Waals surface area contributed by atoms with Gasteiger partial charge in [0.15, 0.2) is 17.5 Å². The minimum Gasteiger partial charge on any atom is -0.204 e. The van der Waals surface area contributed by atoms with Crippen molar-refractivity contribution in [3.05, 3.63) is 28.6 Å². The van der Waals surface area contributed by atoms with Gasteiger partial charge in [0.25, 0.3) is 0 Å². The lowest BCUT2D eigenvalue weighted by atomic mass is 10.1. The number of isothiocyanates is 1. The first-order valence-electron chi connectivity index (χ1n) is 3.69. The van der Waals surface area contributed by atoms with E-state index in [4.69, 9.17) is 5.26 Å². The Bertz CT molecular complexity index is 484. The minimum atomic E-state index is -1.54. The van der Waals surface area contributed by atoms with E-state index in [0.717, 1.165) is 6.92 Å². The van der Waals surface area contributed by atoms with E-state index in [1.807, 2.05) is 0 Å². The van der Waals surface area contributed by atoms with Crippen molar-refractivity contribution in [1.82, 2.24) is 0 Å². The van der Waals surface area contributed by atoms with Gasteiger partial charge in [-0.25, -0.2) is 13.2 Å². The quantitative estimate of drug-likeness (QED) is 0.421. The molecule has 0 radical (unpaired) electrons. The molecule has 2 nitrogen and oxygen atoms in total. The molecule has 0 saturated heterocycles. The number of rotatable bonds is 1. The van der Waals surface area contributed by atoms with Crippen molar-refractivity contribution >= 4 is 23.1 Å². The fraction of sp³-hybridized carbons (Fsp3) is 0.111. The second-order valence-corrected chi connectivity index (χ2v) is 2.79. The molecule has 0 atom stereocenters. The summed E-state index contributed by atoms with van der Waals surface area (Å²) >= 11 is 4.16. The number of hydrogen-bond acceptors (Lipinski definition) is 3. The number of benzene rings is 1. The van der Waals surface area contributed by atoms with E-state index in [2.05, 4.69) is 17.2 Å². The molecule has 0 aromatic heterocycles. The highest BCUT2D eigenvalue weighted by atomic mass is 32.1. The molecule has 0 aliphatic carbocycles. The smallest absolute Gasteiger partial charge is 0.189 e. The summed E-state index contributed by atoms with van der Waals surface area (Å²) in [5.74, 6) is -4.07. The lowest BCUT2D eigenvalue weighted by Crippen LogP contribution is -1.99. The molecule has 15 heavy (non-hydrogen) atoms. The molecular weight excluding hydrogens is 225 g/mol. The molecule has 1 aromatic carbocycles. The highest BCUT2D eigenvalue weighted by molar-refractivity contribution is 7.78. The zero-order valence-electron chi connectivity index (χ0n) is 7.44. The fourth-order valence-electron chi connectivity index (χ4n) is 1.04. The Morgan fingerprint density at radius 2 is 1.80 bits per heavy atom. The number of halogens is 3. The molecule has 0 fully saturated rings. The molecule has 1 rings (SSSR count). The molecule has 0 heterocycles. The summed E-state index contributed by atoms with van der Waals surface area (Å²) in [7, 11) is 0. The third-order valence-electron chi connectivity index (χ3n) is 1.80. The summed E-state index contributed by atoms with van der Waals surface area (Å²) in [6.07, 6.45) is 0. The van der Waals surface area contributed by atoms with Crippen LogP contribution in [0.4, 0.5) is 18.9 Å². The Hall–Kier alpha value is -1.70. The van der Waals surface area contributed by atoms with Crippen molar-refractivity contribution in [2.75, 3.05) is 0 Å². The van der Waals surface area contributed by atoms with Crippen molar-refractivity contribution < 1.29 is 13.2 Å². The van der Waals surface area contributed by atoms with Crippen LogP contribution in [0, 0.1) is 35.7 Å². The number of thiocarbonyl (C=S) groups is 1. The SMILES string of the molecule is Cc1c(F)c(N=C=S)c(F)c(F)c1C#N. The van der Waals surface area contributed by atoms with E-state index in [9.17, 15) is 13.2 Å². The molecule has 6 heteroatoms. The van der Waals surface area contributed by atoms with Crippen molar-refractivity contribution in [2.24, 2.45) is 4.99 Å². The van der Waals surface area contributed by atoms with Gasteiger partial charge in [-0.05, 0) is 19.1 Å². The zero-order chi connectivity index (χ0) is 11.6. The van der Waals surface area contributed by atoms with Crippen LogP contribution in [-0.2, 0) is 0 Å². The summed E-state index contributed by atoms with van der Waals surface area (Å²) in [4.78, 5) is 3.07. The predicted octanol–water partition coefficient (Wildman–Crippen LogP) is 3.02. The van der Waals surface area contributed by atoms with E-state index >= 15 is 0 Å². The molecule has 0 bridgehead atoms. The summed E-state index contributed by atoms with van der Waals surface area (Å²) in [6, 6.07) is 1.37. The first kappa shape index (κ1) is 11.4. The molecule has 76 valence electrons. The Morgan fingerprint density at radius 1 is 1.20 bits per heavy atom. The normalized spacial score (nSPS) is 9.27. The third kappa shape index (κ3) is 1.75. The monoisotopic (exact) mass is 228 g/mol. The lowest BCUT2D eigenvalue weighted by molar-refractivity contribution is 0.493. The van der Waals surface area contributed by atoms with E-state index in [0.29, 0.717) is 0 Å². The van der Waals surface area contributed by atoms with Crippen LogP contribution in [0.2, 0.25) is 0 Å². The van der Waals surface area contributed by atoms with Gasteiger partial charge in [0, 0.05) is 5.56 Å². The Kier molecular flexibility index (Phi) is 3.20. The van der Waals surface area contributed by atoms with Crippen molar-refractivity contribution in [2.45, 2.75) is 6.92 Å². The number of nitrogens with zero attached hydrogens (tertiary/aromatic N) is 2. The summed E-state index contributed by atoms with van der Waals surface area (Å²) in [6.45, 7) is 1.15. The zero-order valence-corrected chi connectivity index (χ0v) is 8.25. The van der Waals surface area contributed by atoms with Crippen LogP contribution in [0.25, 0.3) is 0 Å². The maximum atomic E-state index is 13.3. The molecule has 0 amide bonds. The second kappa shape index (κ2) is 4.22. The topological polar surface area (TPSA) is 36.1 Å². The van der Waals surface area contributed by atoms with E-state index in [1.54, 1.807) is 5.16 Å². The molecule has 0 unspecified atom stereocenters. The van der Waals surface area contributed by atoms with Crippen molar-refractivity contribution in [1.29, 1.82) is 5.26 Å². The highest BCUT2D eigenvalue weighted by Crippen LogP contribution is 2.29. The predicted molar refractivity (Wildman–Crippen MR) is 50.5 cm³/mol. The Labute approximate surface area is 88.7 Å². The van der Waals surface area contributed by atoms with Gasteiger partial charge >= 0.3 is 0 Å². The van der Waals surface area contributed by atoms with Gasteiger partial charge in [-0.2, -0.15) is 10.3 Å². The molecule has 0 aliphatic rings. The van der Waals surface area contributed by atoms with Crippen LogP contribution < -0.4 is 0 Å². The van der Waals surface area contributed by atoms with Crippen molar-refractivity contribution in [3.8, 4) is 6.07 Å². The van der Waals surface area contributed by atoms with Gasteiger partial charge < -0.3 is 0 Å². The van der Waals surface area contributed by atoms with Crippen LogP contribution in [0.1, 0.15) is 11.1 Å². The van der Waals surface area contributed by atoms with Crippen LogP contribution in [-0.4, -0.2) is 5.16 Å². The third-order valence-corrected chi connectivity index (χ3v) is 1.89. The van der Waals surface area contributed by atoms with Gasteiger partial charge in [0.2, 0.25) is 0 Å². The van der Waals surface area contributed by atoms with Gasteiger partial charge in [-0.15, -0.1) is 0 Å². The molecule has 0 saturated carbocycles. The Balaban J connectivity index is 3.75. The average molecular weight is 228 g/mol. The second-order valence-electron chi connectivity index (χ2n) is 2.61. The first-order chi connectivity index (χ1) is 7.04. The maximum Gasteiger partial charge on any atom is 0.189 e. The standard InChI is InChI=1S/C9H3F3N2S/c1-4-5(2-13)7(11)8(12)9(6(4)10)14-3-15/h1H3. The molecule has 0 aliphatic heterocycles. The molecule has 0 spiro atoms. The van der Waals surface area contributed by atoms with Crippen LogP contribution >= 0.6 is 12.2 Å². The fourth-order valence-corrected chi connectivity index (χ4v) is 1.13. The summed E-state index contributed by atoms with van der Waals surface area (Å²) in [5.41, 5.74) is -1.84. The van der Waals surface area contributed by atoms with Gasteiger partial charge in [0.1, 0.15) is 11.8 Å². The number of aliphatic imine (C=N–C) groups is 1. The number of nitriles is 1.